The van der Waals surface area contributed by atoms with Crippen LogP contribution in [0.15, 0.2) is 37.9 Å². The second kappa shape index (κ2) is 7.97. The van der Waals surface area contributed by atoms with Crippen molar-refractivity contribution in [3.63, 3.8) is 0 Å². The fourth-order valence-electron chi connectivity index (χ4n) is 1.58. The number of para-hydroxylation sites is 1. The number of phenols is 1. The van der Waals surface area contributed by atoms with E-state index < -0.39 is 17.2 Å². The van der Waals surface area contributed by atoms with Gasteiger partial charge in [0.15, 0.2) is 16.5 Å². The van der Waals surface area contributed by atoms with Crippen molar-refractivity contribution in [2.24, 2.45) is 5.10 Å². The van der Waals surface area contributed by atoms with Crippen molar-refractivity contribution in [2.75, 3.05) is 12.9 Å². The predicted octanol–water partition coefficient (Wildman–Crippen LogP) is -0.585. The van der Waals surface area contributed by atoms with Gasteiger partial charge in [0, 0.05) is 5.56 Å². The number of methoxy groups -OCH3 is 1. The fourth-order valence-corrected chi connectivity index (χ4v) is 2.21. The van der Waals surface area contributed by atoms with Crippen LogP contribution in [0.25, 0.3) is 0 Å². The van der Waals surface area contributed by atoms with E-state index in [0.717, 1.165) is 11.8 Å². The molecule has 0 unspecified atom stereocenters. The zero-order chi connectivity index (χ0) is 17.5. The number of carbonyl (C=O) groups excluding carboxylic acids is 1. The van der Waals surface area contributed by atoms with Gasteiger partial charge in [0.05, 0.1) is 19.1 Å². The summed E-state index contributed by atoms with van der Waals surface area (Å²) in [5.41, 5.74) is 1.20. The van der Waals surface area contributed by atoms with Gasteiger partial charge in [-0.05, 0) is 12.1 Å². The summed E-state index contributed by atoms with van der Waals surface area (Å²) in [5.74, 6) is -0.449. The Morgan fingerprint density at radius 3 is 3.00 bits per heavy atom. The Morgan fingerprint density at radius 1 is 1.50 bits per heavy atom. The van der Waals surface area contributed by atoms with Crippen molar-refractivity contribution in [2.45, 2.75) is 5.03 Å². The van der Waals surface area contributed by atoms with Crippen molar-refractivity contribution in [1.29, 1.82) is 0 Å². The summed E-state index contributed by atoms with van der Waals surface area (Å²) in [6.45, 7) is 0. The molecule has 0 atom stereocenters. The second-order valence-electron chi connectivity index (χ2n) is 4.29. The molecular formula is C13H13N5O5S. The molecular weight excluding hydrogens is 338 g/mol. The summed E-state index contributed by atoms with van der Waals surface area (Å²) >= 11 is 0.839. The van der Waals surface area contributed by atoms with Crippen molar-refractivity contribution >= 4 is 23.9 Å². The highest BCUT2D eigenvalue weighted by Crippen LogP contribution is 2.27. The van der Waals surface area contributed by atoms with Crippen LogP contribution in [0.3, 0.4) is 0 Å². The van der Waals surface area contributed by atoms with Gasteiger partial charge in [-0.15, -0.1) is 0 Å². The van der Waals surface area contributed by atoms with E-state index in [9.17, 15) is 19.5 Å². The number of carbonyl (C=O) groups is 1. The number of hydrazone groups is 1. The molecule has 1 aromatic carbocycles. The minimum absolute atomic E-state index is 0.0424. The lowest BCUT2D eigenvalue weighted by molar-refractivity contribution is -0.118. The smallest absolute Gasteiger partial charge is 0.342 e. The molecule has 0 saturated carbocycles. The number of thioether (sulfide) groups is 1. The van der Waals surface area contributed by atoms with Gasteiger partial charge >= 0.3 is 5.69 Å². The van der Waals surface area contributed by atoms with Gasteiger partial charge in [0.1, 0.15) is 0 Å². The summed E-state index contributed by atoms with van der Waals surface area (Å²) in [4.78, 5) is 35.9. The topological polar surface area (TPSA) is 150 Å². The van der Waals surface area contributed by atoms with Gasteiger partial charge in [0.2, 0.25) is 5.91 Å². The molecule has 1 heterocycles. The van der Waals surface area contributed by atoms with Gasteiger partial charge < -0.3 is 9.84 Å². The van der Waals surface area contributed by atoms with E-state index in [1.54, 1.807) is 18.2 Å². The third-order valence-corrected chi connectivity index (χ3v) is 3.62. The molecule has 11 heteroatoms. The first-order chi connectivity index (χ1) is 11.5. The first-order valence-electron chi connectivity index (χ1n) is 6.51. The molecule has 0 fully saturated rings. The van der Waals surface area contributed by atoms with E-state index in [0.29, 0.717) is 5.56 Å². The quantitative estimate of drug-likeness (QED) is 0.309. The molecule has 10 nitrogen and oxygen atoms in total. The average molecular weight is 351 g/mol. The lowest BCUT2D eigenvalue weighted by atomic mass is 10.2. The Balaban J connectivity index is 1.91. The molecule has 0 spiro atoms. The molecule has 0 bridgehead atoms. The number of rotatable bonds is 6. The molecule has 0 aliphatic carbocycles. The van der Waals surface area contributed by atoms with Crippen LogP contribution in [-0.2, 0) is 4.79 Å². The number of amides is 1. The van der Waals surface area contributed by atoms with Crippen LogP contribution in [0.4, 0.5) is 0 Å². The number of hydrogen-bond acceptors (Lipinski definition) is 8. The molecule has 0 saturated heterocycles. The van der Waals surface area contributed by atoms with Gasteiger partial charge in [-0.2, -0.15) is 10.2 Å². The monoisotopic (exact) mass is 351 g/mol. The summed E-state index contributed by atoms with van der Waals surface area (Å²) in [5, 5.41) is 19.1. The maximum atomic E-state index is 11.6. The summed E-state index contributed by atoms with van der Waals surface area (Å²) in [6, 6.07) is 4.83. The van der Waals surface area contributed by atoms with Crippen LogP contribution in [-0.4, -0.2) is 45.3 Å². The van der Waals surface area contributed by atoms with Gasteiger partial charge in [-0.25, -0.2) is 15.3 Å². The molecule has 0 aliphatic heterocycles. The van der Waals surface area contributed by atoms with E-state index >= 15 is 0 Å². The molecule has 1 aromatic heterocycles. The van der Waals surface area contributed by atoms with Crippen LogP contribution < -0.4 is 21.4 Å². The zero-order valence-corrected chi connectivity index (χ0v) is 13.2. The minimum atomic E-state index is -0.725. The molecule has 24 heavy (non-hydrogen) atoms. The number of aromatic amines is 2. The lowest BCUT2D eigenvalue weighted by Crippen LogP contribution is -2.26. The normalized spacial score (nSPS) is 10.7. The Bertz CT molecular complexity index is 876. The lowest BCUT2D eigenvalue weighted by Gasteiger charge is -2.04. The standard InChI is InChI=1S/C13H13N5O5S/c1-23-8-4-2-3-7(10(8)20)5-14-16-9(19)6-24-12-11(21)15-13(22)18-17-12/h2-5,20H,6H2,1H3,(H,16,19)(H2,15,18,21,22)/b14-5+. The Labute approximate surface area is 139 Å². The van der Waals surface area contributed by atoms with E-state index in [-0.39, 0.29) is 22.3 Å². The number of aromatic nitrogens is 3. The number of nitrogens with zero attached hydrogens (tertiary/aromatic N) is 2. The number of H-pyrrole nitrogens is 2. The van der Waals surface area contributed by atoms with Crippen molar-refractivity contribution in [3.05, 3.63) is 44.6 Å². The van der Waals surface area contributed by atoms with Crippen LogP contribution in [0.5, 0.6) is 11.5 Å². The summed E-state index contributed by atoms with van der Waals surface area (Å²) in [6.07, 6.45) is 1.26. The SMILES string of the molecule is COc1cccc(/C=N/NC(=O)CSc2n[nH]c(=O)[nH]c2=O)c1O. The van der Waals surface area contributed by atoms with Crippen LogP contribution in [0.1, 0.15) is 5.56 Å². The number of benzene rings is 1. The number of aromatic hydroxyl groups is 1. The van der Waals surface area contributed by atoms with E-state index in [1.807, 2.05) is 4.98 Å². The van der Waals surface area contributed by atoms with Crippen LogP contribution in [0, 0.1) is 0 Å². The Morgan fingerprint density at radius 2 is 2.29 bits per heavy atom. The third kappa shape index (κ3) is 4.46. The zero-order valence-electron chi connectivity index (χ0n) is 12.4. The van der Waals surface area contributed by atoms with Crippen molar-refractivity contribution in [3.8, 4) is 11.5 Å². The minimum Gasteiger partial charge on any atom is -0.504 e. The molecule has 126 valence electrons. The highest BCUT2D eigenvalue weighted by molar-refractivity contribution is 7.99. The molecule has 0 aliphatic rings. The average Bonchev–Trinajstić information content (AvgIpc) is 2.55. The second-order valence-corrected chi connectivity index (χ2v) is 5.26. The highest BCUT2D eigenvalue weighted by Gasteiger charge is 2.08. The number of hydrogen-bond donors (Lipinski definition) is 4. The maximum absolute atomic E-state index is 11.6. The van der Waals surface area contributed by atoms with Crippen LogP contribution >= 0.6 is 11.8 Å². The molecule has 4 N–H and O–H groups in total. The van der Waals surface area contributed by atoms with Crippen molar-refractivity contribution < 1.29 is 14.6 Å². The third-order valence-electron chi connectivity index (χ3n) is 2.66. The molecule has 1 amide bonds. The van der Waals surface area contributed by atoms with Gasteiger partial charge in [-0.1, -0.05) is 17.8 Å². The van der Waals surface area contributed by atoms with Crippen LogP contribution in [0.2, 0.25) is 0 Å². The first kappa shape index (κ1) is 17.3. The number of phenolic OH excluding ortho intramolecular Hbond substituents is 1. The summed E-state index contributed by atoms with van der Waals surface area (Å²) < 4.78 is 4.95. The molecule has 0 radical (unpaired) electrons. The predicted molar refractivity (Wildman–Crippen MR) is 86.6 cm³/mol. The maximum Gasteiger partial charge on any atom is 0.342 e. The largest absolute Gasteiger partial charge is 0.504 e. The summed E-state index contributed by atoms with van der Waals surface area (Å²) in [7, 11) is 1.42. The highest BCUT2D eigenvalue weighted by atomic mass is 32.2. The van der Waals surface area contributed by atoms with E-state index in [1.165, 1.54) is 13.3 Å². The van der Waals surface area contributed by atoms with E-state index in [2.05, 4.69) is 20.7 Å². The Kier molecular flexibility index (Phi) is 5.73. The fraction of sp³-hybridized carbons (Fsp3) is 0.154. The van der Waals surface area contributed by atoms with Crippen molar-refractivity contribution in [1.82, 2.24) is 20.6 Å². The number of ether oxygens (including phenoxy) is 1. The first-order valence-corrected chi connectivity index (χ1v) is 7.49. The number of nitrogens with one attached hydrogen (secondary N) is 3. The Hall–Kier alpha value is -3.08. The molecule has 2 rings (SSSR count). The van der Waals surface area contributed by atoms with Gasteiger partial charge in [-0.3, -0.25) is 14.6 Å². The van der Waals surface area contributed by atoms with E-state index in [4.69, 9.17) is 4.74 Å². The molecule has 2 aromatic rings. The van der Waals surface area contributed by atoms with Gasteiger partial charge in [0.25, 0.3) is 5.56 Å².